The number of nitrogens with zero attached hydrogens (tertiary/aromatic N) is 3. The van der Waals surface area contributed by atoms with E-state index in [0.717, 1.165) is 0 Å². The van der Waals surface area contributed by atoms with E-state index in [4.69, 9.17) is 5.53 Å². The van der Waals surface area contributed by atoms with Crippen molar-refractivity contribution >= 4 is 10.4 Å². The van der Waals surface area contributed by atoms with Gasteiger partial charge in [-0.25, -0.2) is 8.42 Å². The van der Waals surface area contributed by atoms with Crippen molar-refractivity contribution in [2.45, 2.75) is 38.8 Å². The van der Waals surface area contributed by atoms with Crippen molar-refractivity contribution in [3.63, 3.8) is 0 Å². The molecule has 2 unspecified atom stereocenters. The van der Waals surface area contributed by atoms with E-state index in [1.807, 2.05) is 0 Å². The van der Waals surface area contributed by atoms with Gasteiger partial charge in [-0.15, -0.1) is 0 Å². The van der Waals surface area contributed by atoms with Crippen LogP contribution in [-0.4, -0.2) is 25.1 Å². The Balaban J connectivity index is 4.60. The maximum atomic E-state index is 10.3. The molecule has 0 amide bonds. The smallest absolute Gasteiger partial charge is 0.217 e. The molecular formula is C6H12N3O4S-. The van der Waals surface area contributed by atoms with Gasteiger partial charge in [-0.2, -0.15) is 0 Å². The molecule has 2 atom stereocenters. The molecule has 0 heterocycles. The van der Waals surface area contributed by atoms with Crippen LogP contribution in [0.2, 0.25) is 0 Å². The van der Waals surface area contributed by atoms with Gasteiger partial charge >= 0.3 is 0 Å². The minimum absolute atomic E-state index is 0.291. The highest BCUT2D eigenvalue weighted by Crippen LogP contribution is 2.13. The molecule has 0 bridgehead atoms. The largest absolute Gasteiger partial charge is 0.726 e. The Labute approximate surface area is 82.6 Å². The molecular weight excluding hydrogens is 210 g/mol. The average molecular weight is 222 g/mol. The molecule has 0 aliphatic carbocycles. The lowest BCUT2D eigenvalue weighted by Gasteiger charge is -2.22. The first kappa shape index (κ1) is 13.2. The molecule has 0 aliphatic heterocycles. The lowest BCUT2D eigenvalue weighted by molar-refractivity contribution is 0.147. The molecule has 0 N–H and O–H groups in total. The number of rotatable bonds is 6. The van der Waals surface area contributed by atoms with E-state index >= 15 is 0 Å². The average Bonchev–Trinajstić information content (AvgIpc) is 2.09. The first-order chi connectivity index (χ1) is 6.44. The summed E-state index contributed by atoms with van der Waals surface area (Å²) in [5.41, 5.74) is 8.19. The summed E-state index contributed by atoms with van der Waals surface area (Å²) in [4.78, 5) is 2.55. The molecule has 0 aromatic rings. The van der Waals surface area contributed by atoms with Crippen molar-refractivity contribution in [1.29, 1.82) is 0 Å². The predicted octanol–water partition coefficient (Wildman–Crippen LogP) is 1.33. The van der Waals surface area contributed by atoms with Crippen LogP contribution in [0, 0.1) is 0 Å². The molecule has 7 nitrogen and oxygen atoms in total. The summed E-state index contributed by atoms with van der Waals surface area (Å²) in [5.74, 6) is 0. The second-order valence-electron chi connectivity index (χ2n) is 2.63. The first-order valence-electron chi connectivity index (χ1n) is 4.12. The zero-order chi connectivity index (χ0) is 11.2. The van der Waals surface area contributed by atoms with Crippen molar-refractivity contribution in [2.24, 2.45) is 5.11 Å². The molecule has 0 aromatic carbocycles. The summed E-state index contributed by atoms with van der Waals surface area (Å²) in [7, 11) is -4.74. The van der Waals surface area contributed by atoms with Crippen molar-refractivity contribution < 1.29 is 17.2 Å². The van der Waals surface area contributed by atoms with Crippen LogP contribution in [0.15, 0.2) is 5.11 Å². The monoisotopic (exact) mass is 222 g/mol. The Morgan fingerprint density at radius 3 is 2.36 bits per heavy atom. The summed E-state index contributed by atoms with van der Waals surface area (Å²) in [5, 5.41) is 3.35. The van der Waals surface area contributed by atoms with Crippen molar-refractivity contribution in [3.8, 4) is 0 Å². The van der Waals surface area contributed by atoms with Gasteiger partial charge in [0.2, 0.25) is 10.4 Å². The first-order valence-corrected chi connectivity index (χ1v) is 5.46. The molecule has 0 saturated heterocycles. The van der Waals surface area contributed by atoms with Crippen LogP contribution < -0.4 is 0 Å². The third-order valence-corrected chi connectivity index (χ3v) is 2.17. The van der Waals surface area contributed by atoms with Crippen LogP contribution in [0.25, 0.3) is 10.4 Å². The normalized spacial score (nSPS) is 15.6. The number of hydrogen-bond acceptors (Lipinski definition) is 5. The maximum Gasteiger partial charge on any atom is 0.217 e. The molecule has 0 fully saturated rings. The van der Waals surface area contributed by atoms with Crippen LogP contribution in [0.5, 0.6) is 0 Å². The molecule has 0 aromatic heterocycles. The summed E-state index contributed by atoms with van der Waals surface area (Å²) in [6.07, 6.45) is -0.171. The maximum absolute atomic E-state index is 10.3. The molecule has 14 heavy (non-hydrogen) atoms. The quantitative estimate of drug-likeness (QED) is 0.221. The Morgan fingerprint density at radius 2 is 2.07 bits per heavy atom. The van der Waals surface area contributed by atoms with Crippen molar-refractivity contribution in [2.75, 3.05) is 0 Å². The van der Waals surface area contributed by atoms with Crippen LogP contribution >= 0.6 is 0 Å². The summed E-state index contributed by atoms with van der Waals surface area (Å²) >= 11 is 0. The minimum atomic E-state index is -4.74. The molecule has 0 spiro atoms. The summed E-state index contributed by atoms with van der Waals surface area (Å²) < 4.78 is 35.2. The molecule has 82 valence electrons. The van der Waals surface area contributed by atoms with Gasteiger partial charge < -0.3 is 4.55 Å². The number of hydrogen-bond donors (Lipinski definition) is 0. The van der Waals surface area contributed by atoms with Crippen LogP contribution in [0.3, 0.4) is 0 Å². The van der Waals surface area contributed by atoms with Gasteiger partial charge in [0, 0.05) is 4.91 Å². The van der Waals surface area contributed by atoms with Gasteiger partial charge in [0.25, 0.3) is 0 Å². The standard InChI is InChI=1S/C6H13N3O4S/c1-3-5(8-9-7)6(4-2)13-14(10,11)12/h5-6H,3-4H2,1-2H3,(H,10,11,12)/p-1. The van der Waals surface area contributed by atoms with Crippen LogP contribution in [0.4, 0.5) is 0 Å². The van der Waals surface area contributed by atoms with E-state index in [2.05, 4.69) is 14.2 Å². The summed E-state index contributed by atoms with van der Waals surface area (Å²) in [6.45, 7) is 3.36. The van der Waals surface area contributed by atoms with E-state index < -0.39 is 22.5 Å². The Bertz CT molecular complexity index is 309. The summed E-state index contributed by atoms with van der Waals surface area (Å²) in [6, 6.07) is -0.631. The van der Waals surface area contributed by atoms with Gasteiger partial charge in [0.05, 0.1) is 12.1 Å². The lowest BCUT2D eigenvalue weighted by Crippen LogP contribution is -2.28. The van der Waals surface area contributed by atoms with Gasteiger partial charge in [0.1, 0.15) is 0 Å². The molecule has 0 aliphatic rings. The van der Waals surface area contributed by atoms with E-state index in [-0.39, 0.29) is 0 Å². The highest BCUT2D eigenvalue weighted by molar-refractivity contribution is 7.80. The second kappa shape index (κ2) is 5.82. The van der Waals surface area contributed by atoms with E-state index in [1.165, 1.54) is 0 Å². The highest BCUT2D eigenvalue weighted by atomic mass is 32.3. The lowest BCUT2D eigenvalue weighted by atomic mass is 10.1. The zero-order valence-corrected chi connectivity index (χ0v) is 8.77. The predicted molar refractivity (Wildman–Crippen MR) is 48.1 cm³/mol. The zero-order valence-electron chi connectivity index (χ0n) is 7.95. The molecule has 0 saturated carbocycles. The van der Waals surface area contributed by atoms with E-state index in [1.54, 1.807) is 13.8 Å². The van der Waals surface area contributed by atoms with E-state index in [0.29, 0.717) is 12.8 Å². The Hall–Kier alpha value is -0.820. The van der Waals surface area contributed by atoms with Crippen LogP contribution in [-0.2, 0) is 14.6 Å². The fraction of sp³-hybridized carbons (Fsp3) is 1.00. The highest BCUT2D eigenvalue weighted by Gasteiger charge is 2.20. The minimum Gasteiger partial charge on any atom is -0.726 e. The SMILES string of the molecule is CCC(N=[N+]=[N-])C(CC)OS(=O)(=O)[O-]. The van der Waals surface area contributed by atoms with Gasteiger partial charge in [0.15, 0.2) is 0 Å². The molecule has 0 rings (SSSR count). The Morgan fingerprint density at radius 1 is 1.50 bits per heavy atom. The van der Waals surface area contributed by atoms with Gasteiger partial charge in [-0.05, 0) is 18.4 Å². The molecule has 0 radical (unpaired) electrons. The number of azide groups is 1. The fourth-order valence-corrected chi connectivity index (χ4v) is 1.61. The Kier molecular flexibility index (Phi) is 5.47. The van der Waals surface area contributed by atoms with Crippen LogP contribution in [0.1, 0.15) is 26.7 Å². The third kappa shape index (κ3) is 5.03. The fourth-order valence-electron chi connectivity index (χ4n) is 1.04. The van der Waals surface area contributed by atoms with Gasteiger partial charge in [-0.1, -0.05) is 19.0 Å². The second-order valence-corrected chi connectivity index (χ2v) is 3.64. The van der Waals surface area contributed by atoms with Crippen molar-refractivity contribution in [3.05, 3.63) is 10.4 Å². The van der Waals surface area contributed by atoms with E-state index in [9.17, 15) is 13.0 Å². The third-order valence-electron chi connectivity index (χ3n) is 1.69. The topological polar surface area (TPSA) is 115 Å². The van der Waals surface area contributed by atoms with Crippen molar-refractivity contribution in [1.82, 2.24) is 0 Å². The van der Waals surface area contributed by atoms with Gasteiger partial charge in [-0.3, -0.25) is 4.18 Å². The molecule has 8 heteroatoms.